The maximum absolute atomic E-state index is 13.2. The molecule has 1 aliphatic carbocycles. The van der Waals surface area contributed by atoms with Crippen LogP contribution < -0.4 is 10.1 Å². The molecule has 0 spiro atoms. The highest BCUT2D eigenvalue weighted by Crippen LogP contribution is 2.44. The van der Waals surface area contributed by atoms with Crippen LogP contribution in [0.3, 0.4) is 0 Å². The summed E-state index contributed by atoms with van der Waals surface area (Å²) in [6, 6.07) is 11.9. The van der Waals surface area contributed by atoms with E-state index in [1.54, 1.807) is 18.4 Å². The van der Waals surface area contributed by atoms with Crippen molar-refractivity contribution < 1.29 is 9.53 Å². The lowest BCUT2D eigenvalue weighted by atomic mass is 9.79. The van der Waals surface area contributed by atoms with Crippen LogP contribution in [0.5, 0.6) is 5.75 Å². The van der Waals surface area contributed by atoms with Crippen LogP contribution in [-0.4, -0.2) is 27.7 Å². The molecule has 0 saturated heterocycles. The molecule has 1 N–H and O–H groups in total. The van der Waals surface area contributed by atoms with Crippen molar-refractivity contribution in [2.75, 3.05) is 12.4 Å². The molecule has 0 fully saturated rings. The number of fused-ring (bicyclic) bond motifs is 1. The molecule has 0 unspecified atom stereocenters. The van der Waals surface area contributed by atoms with Gasteiger partial charge in [0, 0.05) is 22.6 Å². The molecule has 0 amide bonds. The summed E-state index contributed by atoms with van der Waals surface area (Å²) in [5, 5.41) is 9.75. The first-order valence-corrected chi connectivity index (χ1v) is 9.72. The van der Waals surface area contributed by atoms with Crippen molar-refractivity contribution in [2.45, 2.75) is 24.8 Å². The van der Waals surface area contributed by atoms with Crippen molar-refractivity contribution in [1.29, 1.82) is 0 Å². The number of anilines is 1. The average Bonchev–Trinajstić information content (AvgIpc) is 3.38. The summed E-state index contributed by atoms with van der Waals surface area (Å²) < 4.78 is 7.06. The summed E-state index contributed by atoms with van der Waals surface area (Å²) >= 11 is 1.64. The third kappa shape index (κ3) is 2.66. The smallest absolute Gasteiger partial charge is 0.226 e. The molecule has 6 nitrogen and oxygen atoms in total. The molecule has 3 heterocycles. The first-order valence-electron chi connectivity index (χ1n) is 8.84. The molecule has 0 radical (unpaired) electrons. The number of carbonyl (C=O) groups excluding carboxylic acids is 1. The lowest BCUT2D eigenvalue weighted by molar-refractivity contribution is -0.116. The minimum atomic E-state index is -0.192. The Hall–Kier alpha value is -2.93. The fourth-order valence-corrected chi connectivity index (χ4v) is 4.79. The number of thiophene rings is 1. The Morgan fingerprint density at radius 3 is 2.81 bits per heavy atom. The van der Waals surface area contributed by atoms with Crippen molar-refractivity contribution in [3.8, 4) is 5.75 Å². The molecule has 2 aromatic heterocycles. The summed E-state index contributed by atoms with van der Waals surface area (Å²) in [5.74, 6) is 1.83. The van der Waals surface area contributed by atoms with Crippen LogP contribution in [0.15, 0.2) is 59.4 Å². The van der Waals surface area contributed by atoms with E-state index in [9.17, 15) is 4.79 Å². The van der Waals surface area contributed by atoms with Crippen LogP contribution in [0, 0.1) is 0 Å². The Kier molecular flexibility index (Phi) is 3.82. The van der Waals surface area contributed by atoms with Crippen molar-refractivity contribution in [1.82, 2.24) is 14.8 Å². The zero-order chi connectivity index (χ0) is 18.4. The van der Waals surface area contributed by atoms with Gasteiger partial charge in [-0.3, -0.25) is 4.79 Å². The fraction of sp³-hybridized carbons (Fsp3) is 0.250. The molecule has 27 heavy (non-hydrogen) atoms. The summed E-state index contributed by atoms with van der Waals surface area (Å²) in [7, 11) is 1.66. The topological polar surface area (TPSA) is 69.0 Å². The SMILES string of the molecule is COc1ccc([C@H]2CC(=O)C3=C(C2)Nc2ncnn2[C@H]3c2cccs2)cc1. The Morgan fingerprint density at radius 2 is 2.07 bits per heavy atom. The minimum absolute atomic E-state index is 0.146. The zero-order valence-electron chi connectivity index (χ0n) is 14.8. The van der Waals surface area contributed by atoms with Crippen molar-refractivity contribution in [3.05, 3.63) is 69.8 Å². The van der Waals surface area contributed by atoms with E-state index in [2.05, 4.69) is 21.5 Å². The van der Waals surface area contributed by atoms with E-state index in [0.717, 1.165) is 33.9 Å². The molecule has 7 heteroatoms. The predicted octanol–water partition coefficient (Wildman–Crippen LogP) is 3.76. The van der Waals surface area contributed by atoms with Crippen molar-refractivity contribution in [3.63, 3.8) is 0 Å². The molecule has 2 atom stereocenters. The minimum Gasteiger partial charge on any atom is -0.497 e. The molecule has 2 aliphatic rings. The number of carbonyl (C=O) groups is 1. The number of ether oxygens (including phenoxy) is 1. The second-order valence-corrected chi connectivity index (χ2v) is 7.74. The van der Waals surface area contributed by atoms with Gasteiger partial charge in [-0.05, 0) is 41.5 Å². The molecular weight excluding hydrogens is 360 g/mol. The highest BCUT2D eigenvalue weighted by molar-refractivity contribution is 7.10. The van der Waals surface area contributed by atoms with Gasteiger partial charge >= 0.3 is 0 Å². The average molecular weight is 378 g/mol. The fourth-order valence-electron chi connectivity index (χ4n) is 3.97. The standard InChI is InChI=1S/C20H18N4O2S/c1-26-14-6-4-12(5-7-14)13-9-15-18(16(25)10-13)19(17-3-2-8-27-17)24-20(23-15)21-11-22-24/h2-8,11,13,19H,9-10H2,1H3,(H,21,22,23)/t13-,19+/m1/s1. The van der Waals surface area contributed by atoms with E-state index in [4.69, 9.17) is 4.74 Å². The number of benzene rings is 1. The summed E-state index contributed by atoms with van der Waals surface area (Å²) in [6.45, 7) is 0. The Bertz CT molecular complexity index is 1020. The van der Waals surface area contributed by atoms with Gasteiger partial charge in [0.2, 0.25) is 5.95 Å². The van der Waals surface area contributed by atoms with Gasteiger partial charge in [0.15, 0.2) is 5.78 Å². The zero-order valence-corrected chi connectivity index (χ0v) is 15.6. The van der Waals surface area contributed by atoms with Gasteiger partial charge in [-0.1, -0.05) is 18.2 Å². The van der Waals surface area contributed by atoms with Gasteiger partial charge in [0.1, 0.15) is 18.1 Å². The summed E-state index contributed by atoms with van der Waals surface area (Å²) in [5.41, 5.74) is 2.93. The molecule has 136 valence electrons. The molecule has 0 bridgehead atoms. The summed E-state index contributed by atoms with van der Waals surface area (Å²) in [4.78, 5) is 18.6. The second-order valence-electron chi connectivity index (χ2n) is 6.76. The van der Waals surface area contributed by atoms with Gasteiger partial charge in [-0.25, -0.2) is 4.68 Å². The van der Waals surface area contributed by atoms with Crippen LogP contribution in [0.25, 0.3) is 0 Å². The molecule has 5 rings (SSSR count). The number of hydrogen-bond acceptors (Lipinski definition) is 6. The third-order valence-electron chi connectivity index (χ3n) is 5.26. The first kappa shape index (κ1) is 16.3. The van der Waals surface area contributed by atoms with Crippen LogP contribution in [0.2, 0.25) is 0 Å². The largest absolute Gasteiger partial charge is 0.497 e. The maximum atomic E-state index is 13.2. The summed E-state index contributed by atoms with van der Waals surface area (Å²) in [6.07, 6.45) is 2.81. The van der Waals surface area contributed by atoms with Gasteiger partial charge in [0.25, 0.3) is 0 Å². The molecule has 3 aromatic rings. The Labute approximate surface area is 160 Å². The number of allylic oxidation sites excluding steroid dienone is 2. The van der Waals surface area contributed by atoms with Gasteiger partial charge < -0.3 is 10.1 Å². The maximum Gasteiger partial charge on any atom is 0.226 e. The van der Waals surface area contributed by atoms with Crippen molar-refractivity contribution in [2.24, 2.45) is 0 Å². The van der Waals surface area contributed by atoms with E-state index < -0.39 is 0 Å². The predicted molar refractivity (Wildman–Crippen MR) is 103 cm³/mol. The number of hydrogen-bond donors (Lipinski definition) is 1. The van der Waals surface area contributed by atoms with Crippen LogP contribution >= 0.6 is 11.3 Å². The highest BCUT2D eigenvalue weighted by Gasteiger charge is 2.39. The lowest BCUT2D eigenvalue weighted by Gasteiger charge is -2.34. The van der Waals surface area contributed by atoms with E-state index in [0.29, 0.717) is 12.4 Å². The normalized spacial score (nSPS) is 21.4. The molecule has 1 aromatic carbocycles. The number of nitrogens with one attached hydrogen (secondary N) is 1. The number of nitrogens with zero attached hydrogens (tertiary/aromatic N) is 3. The van der Waals surface area contributed by atoms with E-state index >= 15 is 0 Å². The van der Waals surface area contributed by atoms with Gasteiger partial charge in [-0.2, -0.15) is 10.1 Å². The Morgan fingerprint density at radius 1 is 1.22 bits per heavy atom. The number of methoxy groups -OCH3 is 1. The van der Waals surface area contributed by atoms with Crippen LogP contribution in [0.1, 0.15) is 35.2 Å². The van der Waals surface area contributed by atoms with Crippen molar-refractivity contribution >= 4 is 23.1 Å². The van der Waals surface area contributed by atoms with E-state index in [1.165, 1.54) is 6.33 Å². The number of rotatable bonds is 3. The second kappa shape index (κ2) is 6.35. The van der Waals surface area contributed by atoms with E-state index in [-0.39, 0.29) is 17.7 Å². The van der Waals surface area contributed by atoms with Crippen LogP contribution in [-0.2, 0) is 4.79 Å². The molecular formula is C20H18N4O2S. The molecule has 0 saturated carbocycles. The van der Waals surface area contributed by atoms with Gasteiger partial charge in [-0.15, -0.1) is 11.3 Å². The Balaban J connectivity index is 1.54. The molecule has 1 aliphatic heterocycles. The third-order valence-corrected chi connectivity index (χ3v) is 6.19. The number of ketones is 1. The first-order chi connectivity index (χ1) is 13.2. The van der Waals surface area contributed by atoms with E-state index in [1.807, 2.05) is 40.4 Å². The number of aromatic nitrogens is 3. The van der Waals surface area contributed by atoms with Crippen LogP contribution in [0.4, 0.5) is 5.95 Å². The number of Topliss-reactive ketones (excluding diaryl/α,β-unsaturated/α-hetero) is 1. The van der Waals surface area contributed by atoms with Gasteiger partial charge in [0.05, 0.1) is 7.11 Å². The monoisotopic (exact) mass is 378 g/mol. The quantitative estimate of drug-likeness (QED) is 0.751. The highest BCUT2D eigenvalue weighted by atomic mass is 32.1. The lowest BCUT2D eigenvalue weighted by Crippen LogP contribution is -2.33.